The van der Waals surface area contributed by atoms with Gasteiger partial charge in [-0.2, -0.15) is 0 Å². The summed E-state index contributed by atoms with van der Waals surface area (Å²) in [5.41, 5.74) is 1.56. The lowest BCUT2D eigenvalue weighted by Crippen LogP contribution is -2.34. The van der Waals surface area contributed by atoms with Crippen LogP contribution in [-0.4, -0.2) is 24.1 Å². The number of hydrogen-bond donors (Lipinski definition) is 2. The topological polar surface area (TPSA) is 75.6 Å². The molecule has 0 aromatic heterocycles. The van der Waals surface area contributed by atoms with Gasteiger partial charge in [0.05, 0.1) is 24.6 Å². The summed E-state index contributed by atoms with van der Waals surface area (Å²) in [5, 5.41) is 12.0. The molecule has 2 N–H and O–H groups in total. The molecule has 0 spiro atoms. The van der Waals surface area contributed by atoms with Gasteiger partial charge < -0.3 is 15.2 Å². The summed E-state index contributed by atoms with van der Waals surface area (Å²) in [4.78, 5) is 23.7. The predicted molar refractivity (Wildman–Crippen MR) is 79.4 cm³/mol. The summed E-state index contributed by atoms with van der Waals surface area (Å²) < 4.78 is 5.22. The minimum Gasteiger partial charge on any atom is -0.495 e. The Hall–Kier alpha value is -2.30. The molecule has 0 radical (unpaired) electrons. The first kappa shape index (κ1) is 15.1. The van der Waals surface area contributed by atoms with Crippen LogP contribution in [0.25, 0.3) is 0 Å². The van der Waals surface area contributed by atoms with Gasteiger partial charge in [-0.25, -0.2) is 0 Å². The number of aliphatic carboxylic acids is 1. The second-order valence-electron chi connectivity index (χ2n) is 5.19. The van der Waals surface area contributed by atoms with Gasteiger partial charge in [0, 0.05) is 0 Å². The molecule has 1 aliphatic carbocycles. The predicted octanol–water partition coefficient (Wildman–Crippen LogP) is 2.61. The number of hydrogen-bond acceptors (Lipinski definition) is 3. The van der Waals surface area contributed by atoms with Crippen molar-refractivity contribution < 1.29 is 19.4 Å². The Labute approximate surface area is 123 Å². The lowest BCUT2D eigenvalue weighted by atomic mass is 9.82. The lowest BCUT2D eigenvalue weighted by Gasteiger charge is -2.24. The Morgan fingerprint density at radius 3 is 2.52 bits per heavy atom. The van der Waals surface area contributed by atoms with Gasteiger partial charge in [-0.3, -0.25) is 9.59 Å². The summed E-state index contributed by atoms with van der Waals surface area (Å²) in [6, 6.07) is 5.48. The highest BCUT2D eigenvalue weighted by Crippen LogP contribution is 2.30. The molecule has 21 heavy (non-hydrogen) atoms. The van der Waals surface area contributed by atoms with E-state index < -0.39 is 17.8 Å². The number of benzene rings is 1. The molecule has 1 amide bonds. The Bertz CT molecular complexity index is 580. The van der Waals surface area contributed by atoms with Gasteiger partial charge in [0.15, 0.2) is 0 Å². The fourth-order valence-electron chi connectivity index (χ4n) is 2.52. The molecule has 1 aromatic rings. The lowest BCUT2D eigenvalue weighted by molar-refractivity contribution is -0.146. The second kappa shape index (κ2) is 6.43. The van der Waals surface area contributed by atoms with E-state index >= 15 is 0 Å². The number of carbonyl (C=O) groups excluding carboxylic acids is 1. The van der Waals surface area contributed by atoms with Crippen molar-refractivity contribution in [2.45, 2.75) is 19.8 Å². The number of methoxy groups -OCH3 is 1. The van der Waals surface area contributed by atoms with Gasteiger partial charge in [0.25, 0.3) is 0 Å². The summed E-state index contributed by atoms with van der Waals surface area (Å²) in [5.74, 6) is -1.89. The van der Waals surface area contributed by atoms with E-state index in [1.54, 1.807) is 6.07 Å². The van der Waals surface area contributed by atoms with Crippen LogP contribution >= 0.6 is 0 Å². The van der Waals surface area contributed by atoms with Crippen molar-refractivity contribution in [3.05, 3.63) is 35.9 Å². The third kappa shape index (κ3) is 3.42. The Kier molecular flexibility index (Phi) is 4.62. The van der Waals surface area contributed by atoms with Gasteiger partial charge in [-0.05, 0) is 37.5 Å². The van der Waals surface area contributed by atoms with Gasteiger partial charge in [0.1, 0.15) is 5.75 Å². The van der Waals surface area contributed by atoms with Crippen molar-refractivity contribution in [3.63, 3.8) is 0 Å². The third-order valence-electron chi connectivity index (χ3n) is 3.70. The molecule has 0 aliphatic heterocycles. The van der Waals surface area contributed by atoms with Crippen LogP contribution in [0, 0.1) is 18.8 Å². The minimum atomic E-state index is -0.935. The molecule has 1 aliphatic rings. The summed E-state index contributed by atoms with van der Waals surface area (Å²) in [6.07, 6.45) is 4.50. The van der Waals surface area contributed by atoms with Crippen LogP contribution in [-0.2, 0) is 9.59 Å². The average Bonchev–Trinajstić information content (AvgIpc) is 2.47. The largest absolute Gasteiger partial charge is 0.495 e. The molecular weight excluding hydrogens is 270 g/mol. The maximum atomic E-state index is 12.4. The van der Waals surface area contributed by atoms with Gasteiger partial charge in [-0.15, -0.1) is 0 Å². The smallest absolute Gasteiger partial charge is 0.307 e. The second-order valence-corrected chi connectivity index (χ2v) is 5.19. The summed E-state index contributed by atoms with van der Waals surface area (Å²) >= 11 is 0. The highest BCUT2D eigenvalue weighted by molar-refractivity contribution is 5.96. The third-order valence-corrected chi connectivity index (χ3v) is 3.70. The zero-order valence-corrected chi connectivity index (χ0v) is 12.1. The maximum absolute atomic E-state index is 12.4. The van der Waals surface area contributed by atoms with E-state index in [1.165, 1.54) is 7.11 Å². The van der Waals surface area contributed by atoms with E-state index in [9.17, 15) is 14.7 Å². The van der Waals surface area contributed by atoms with E-state index in [1.807, 2.05) is 31.2 Å². The van der Waals surface area contributed by atoms with Crippen LogP contribution < -0.4 is 10.1 Å². The monoisotopic (exact) mass is 289 g/mol. The minimum absolute atomic E-state index is 0.282. The van der Waals surface area contributed by atoms with Crippen molar-refractivity contribution in [1.29, 1.82) is 0 Å². The van der Waals surface area contributed by atoms with E-state index in [-0.39, 0.29) is 5.91 Å². The highest BCUT2D eigenvalue weighted by atomic mass is 16.5. The molecule has 5 heteroatoms. The SMILES string of the molecule is COc1ccc(C)cc1NC(=O)C1CC=CCC1C(=O)O. The van der Waals surface area contributed by atoms with Crippen molar-refractivity contribution in [3.8, 4) is 5.75 Å². The van der Waals surface area contributed by atoms with E-state index in [4.69, 9.17) is 4.74 Å². The number of allylic oxidation sites excluding steroid dienone is 2. The number of ether oxygens (including phenoxy) is 1. The molecule has 5 nitrogen and oxygen atoms in total. The molecule has 2 rings (SSSR count). The molecule has 0 fully saturated rings. The van der Waals surface area contributed by atoms with Gasteiger partial charge >= 0.3 is 5.97 Å². The van der Waals surface area contributed by atoms with Crippen LogP contribution in [0.3, 0.4) is 0 Å². The molecule has 0 saturated heterocycles. The first-order valence-electron chi connectivity index (χ1n) is 6.86. The average molecular weight is 289 g/mol. The van der Waals surface area contributed by atoms with Crippen molar-refractivity contribution in [2.75, 3.05) is 12.4 Å². The number of carboxylic acid groups (broad SMARTS) is 1. The van der Waals surface area contributed by atoms with E-state index in [2.05, 4.69) is 5.32 Å². The van der Waals surface area contributed by atoms with Crippen LogP contribution in [0.4, 0.5) is 5.69 Å². The molecule has 1 aromatic carbocycles. The first-order chi connectivity index (χ1) is 10.0. The Balaban J connectivity index is 2.19. The normalized spacial score (nSPS) is 20.9. The zero-order valence-electron chi connectivity index (χ0n) is 12.1. The summed E-state index contributed by atoms with van der Waals surface area (Å²) in [6.45, 7) is 1.92. The molecule has 0 bridgehead atoms. The standard InChI is InChI=1S/C16H19NO4/c1-10-7-8-14(21-2)13(9-10)17-15(18)11-5-3-4-6-12(11)16(19)20/h3-4,7-9,11-12H,5-6H2,1-2H3,(H,17,18)(H,19,20). The molecule has 0 heterocycles. The maximum Gasteiger partial charge on any atom is 0.307 e. The van der Waals surface area contributed by atoms with Crippen LogP contribution in [0.1, 0.15) is 18.4 Å². The fraction of sp³-hybridized carbons (Fsp3) is 0.375. The van der Waals surface area contributed by atoms with E-state index in [0.29, 0.717) is 24.3 Å². The first-order valence-corrected chi connectivity index (χ1v) is 6.86. The molecule has 2 unspecified atom stereocenters. The zero-order chi connectivity index (χ0) is 15.4. The quantitative estimate of drug-likeness (QED) is 0.835. The van der Waals surface area contributed by atoms with Crippen LogP contribution in [0.5, 0.6) is 5.75 Å². The Morgan fingerprint density at radius 2 is 1.90 bits per heavy atom. The number of carboxylic acids is 1. The Morgan fingerprint density at radius 1 is 1.24 bits per heavy atom. The van der Waals surface area contributed by atoms with Crippen molar-refractivity contribution >= 4 is 17.6 Å². The van der Waals surface area contributed by atoms with Crippen LogP contribution in [0.2, 0.25) is 0 Å². The van der Waals surface area contributed by atoms with Crippen molar-refractivity contribution in [1.82, 2.24) is 0 Å². The molecular formula is C16H19NO4. The number of carbonyl (C=O) groups is 2. The van der Waals surface area contributed by atoms with Gasteiger partial charge in [-0.1, -0.05) is 18.2 Å². The van der Waals surface area contributed by atoms with E-state index in [0.717, 1.165) is 5.56 Å². The number of rotatable bonds is 4. The fourth-order valence-corrected chi connectivity index (χ4v) is 2.52. The molecule has 0 saturated carbocycles. The number of aryl methyl sites for hydroxylation is 1. The molecule has 2 atom stereocenters. The number of amides is 1. The number of nitrogens with one attached hydrogen (secondary N) is 1. The summed E-state index contributed by atoms with van der Waals surface area (Å²) in [7, 11) is 1.53. The highest BCUT2D eigenvalue weighted by Gasteiger charge is 2.34. The van der Waals surface area contributed by atoms with Crippen molar-refractivity contribution in [2.24, 2.45) is 11.8 Å². The molecule has 112 valence electrons. The van der Waals surface area contributed by atoms with Gasteiger partial charge in [0.2, 0.25) is 5.91 Å². The number of anilines is 1. The van der Waals surface area contributed by atoms with Crippen LogP contribution in [0.15, 0.2) is 30.4 Å².